The van der Waals surface area contributed by atoms with Gasteiger partial charge < -0.3 is 14.2 Å². The van der Waals surface area contributed by atoms with E-state index in [4.69, 9.17) is 9.26 Å². The number of rotatable bonds is 4. The van der Waals surface area contributed by atoms with Gasteiger partial charge in [0.05, 0.1) is 36.3 Å². The number of pyridine rings is 1. The van der Waals surface area contributed by atoms with Crippen LogP contribution >= 0.6 is 0 Å². The Morgan fingerprint density at radius 2 is 1.90 bits per heavy atom. The third-order valence-electron chi connectivity index (χ3n) is 5.23. The van der Waals surface area contributed by atoms with Crippen LogP contribution < -0.4 is 10.5 Å². The molecule has 0 aromatic carbocycles. The monoisotopic (exact) mass is 413 g/mol. The number of hydrogen-bond acceptors (Lipinski definition) is 7. The summed E-state index contributed by atoms with van der Waals surface area (Å²) >= 11 is 0. The fourth-order valence-electron chi connectivity index (χ4n) is 3.69. The minimum atomic E-state index is -0.423. The molecular weight excluding hydrogens is 389 g/mol. The van der Waals surface area contributed by atoms with Gasteiger partial charge in [0.2, 0.25) is 0 Å². The lowest BCUT2D eigenvalue weighted by atomic mass is 10.1. The summed E-state index contributed by atoms with van der Waals surface area (Å²) in [5.74, 6) is 0.118. The van der Waals surface area contributed by atoms with Crippen LogP contribution in [0.1, 0.15) is 30.9 Å². The molecule has 158 valence electrons. The van der Waals surface area contributed by atoms with Crippen LogP contribution in [0.4, 0.5) is 10.1 Å². The van der Waals surface area contributed by atoms with Crippen LogP contribution in [0.5, 0.6) is 0 Å². The highest BCUT2D eigenvalue weighted by Gasteiger charge is 2.23. The summed E-state index contributed by atoms with van der Waals surface area (Å²) in [6, 6.07) is 2.94. The summed E-state index contributed by atoms with van der Waals surface area (Å²) in [6.45, 7) is 8.93. The molecule has 0 spiro atoms. The van der Waals surface area contributed by atoms with Crippen LogP contribution in [0, 0.1) is 19.7 Å². The lowest BCUT2D eigenvalue weighted by Crippen LogP contribution is -2.46. The molecule has 0 saturated carbocycles. The number of ether oxygens (including phenoxy) is 1. The second-order valence-electron chi connectivity index (χ2n) is 7.73. The Kier molecular flexibility index (Phi) is 5.38. The van der Waals surface area contributed by atoms with Gasteiger partial charge in [0.25, 0.3) is 5.56 Å². The standard InChI is InChI=1S/C21H24FN5O3/c1-12-9-26(10-13(2)29-12)17-6-20(28)27(24-8-17)11-18-15(4)30-25-21(18)16-5-19(22)14(3)23-7-16/h5-8,12-13H,9-11H2,1-4H3. The molecule has 9 heteroatoms. The number of aromatic nitrogens is 4. The zero-order chi connectivity index (χ0) is 21.4. The quantitative estimate of drug-likeness (QED) is 0.650. The Morgan fingerprint density at radius 3 is 2.57 bits per heavy atom. The minimum absolute atomic E-state index is 0.0851. The summed E-state index contributed by atoms with van der Waals surface area (Å²) in [5.41, 5.74) is 2.44. The van der Waals surface area contributed by atoms with E-state index in [1.54, 1.807) is 32.3 Å². The van der Waals surface area contributed by atoms with E-state index in [-0.39, 0.29) is 24.3 Å². The number of morpholine rings is 1. The van der Waals surface area contributed by atoms with E-state index in [1.807, 2.05) is 13.8 Å². The van der Waals surface area contributed by atoms with Gasteiger partial charge in [0, 0.05) is 36.5 Å². The molecule has 3 aromatic heterocycles. The highest BCUT2D eigenvalue weighted by atomic mass is 19.1. The fourth-order valence-corrected chi connectivity index (χ4v) is 3.69. The first-order chi connectivity index (χ1) is 14.3. The summed E-state index contributed by atoms with van der Waals surface area (Å²) < 4.78 is 26.4. The van der Waals surface area contributed by atoms with E-state index < -0.39 is 5.82 Å². The second-order valence-corrected chi connectivity index (χ2v) is 7.73. The third-order valence-corrected chi connectivity index (χ3v) is 5.23. The van der Waals surface area contributed by atoms with Crippen LogP contribution in [-0.4, -0.2) is 45.2 Å². The molecule has 1 aliphatic heterocycles. The van der Waals surface area contributed by atoms with Gasteiger partial charge in [0.1, 0.15) is 17.3 Å². The molecule has 0 bridgehead atoms. The van der Waals surface area contributed by atoms with Gasteiger partial charge in [-0.05, 0) is 33.8 Å². The van der Waals surface area contributed by atoms with Crippen LogP contribution in [0.15, 0.2) is 33.8 Å². The Morgan fingerprint density at radius 1 is 1.17 bits per heavy atom. The Labute approximate surface area is 173 Å². The molecule has 0 amide bonds. The van der Waals surface area contributed by atoms with Gasteiger partial charge >= 0.3 is 0 Å². The van der Waals surface area contributed by atoms with E-state index in [2.05, 4.69) is 20.1 Å². The van der Waals surface area contributed by atoms with Gasteiger partial charge in [-0.3, -0.25) is 9.78 Å². The number of halogens is 1. The van der Waals surface area contributed by atoms with Crippen molar-refractivity contribution in [3.63, 3.8) is 0 Å². The molecule has 3 aromatic rings. The zero-order valence-corrected chi connectivity index (χ0v) is 17.4. The lowest BCUT2D eigenvalue weighted by molar-refractivity contribution is -0.00525. The Hall–Kier alpha value is -3.07. The molecule has 1 aliphatic rings. The first kappa shape index (κ1) is 20.2. The maximum Gasteiger partial charge on any atom is 0.269 e. The minimum Gasteiger partial charge on any atom is -0.372 e. The molecule has 4 rings (SSSR count). The molecule has 8 nitrogen and oxygen atoms in total. The molecule has 0 aliphatic carbocycles. The highest BCUT2D eigenvalue weighted by Crippen LogP contribution is 2.26. The summed E-state index contributed by atoms with van der Waals surface area (Å²) in [4.78, 5) is 18.9. The molecule has 0 radical (unpaired) electrons. The molecule has 2 unspecified atom stereocenters. The van der Waals surface area contributed by atoms with Gasteiger partial charge in [-0.1, -0.05) is 5.16 Å². The predicted octanol–water partition coefficient (Wildman–Crippen LogP) is 2.71. The summed E-state index contributed by atoms with van der Waals surface area (Å²) in [6.07, 6.45) is 3.39. The topological polar surface area (TPSA) is 86.3 Å². The van der Waals surface area contributed by atoms with E-state index in [0.717, 1.165) is 5.69 Å². The average Bonchev–Trinajstić information content (AvgIpc) is 3.05. The van der Waals surface area contributed by atoms with Crippen molar-refractivity contribution in [1.82, 2.24) is 19.9 Å². The number of anilines is 1. The Balaban J connectivity index is 1.62. The first-order valence-electron chi connectivity index (χ1n) is 9.87. The number of aryl methyl sites for hydroxylation is 2. The number of hydrogen-bond donors (Lipinski definition) is 0. The average molecular weight is 413 g/mol. The summed E-state index contributed by atoms with van der Waals surface area (Å²) in [7, 11) is 0. The highest BCUT2D eigenvalue weighted by molar-refractivity contribution is 5.62. The van der Waals surface area contributed by atoms with Gasteiger partial charge in [-0.15, -0.1) is 0 Å². The van der Waals surface area contributed by atoms with Gasteiger partial charge in [-0.25, -0.2) is 9.07 Å². The van der Waals surface area contributed by atoms with Crippen molar-refractivity contribution >= 4 is 5.69 Å². The lowest BCUT2D eigenvalue weighted by Gasteiger charge is -2.36. The van der Waals surface area contributed by atoms with E-state index >= 15 is 0 Å². The molecule has 4 heterocycles. The molecular formula is C21H24FN5O3. The van der Waals surface area contributed by atoms with Crippen LogP contribution in [0.3, 0.4) is 0 Å². The molecule has 30 heavy (non-hydrogen) atoms. The second kappa shape index (κ2) is 7.98. The van der Waals surface area contributed by atoms with Crippen molar-refractivity contribution < 1.29 is 13.7 Å². The SMILES string of the molecule is Cc1ncc(-c2noc(C)c2Cn2ncc(N3CC(C)OC(C)C3)cc2=O)cc1F. The maximum absolute atomic E-state index is 14.0. The predicted molar refractivity (Wildman–Crippen MR) is 109 cm³/mol. The molecule has 1 saturated heterocycles. The van der Waals surface area contributed by atoms with Crippen molar-refractivity contribution in [1.29, 1.82) is 0 Å². The fraction of sp³-hybridized carbons (Fsp3) is 0.429. The first-order valence-corrected chi connectivity index (χ1v) is 9.87. The van der Waals surface area contributed by atoms with Crippen molar-refractivity contribution in [3.05, 3.63) is 57.7 Å². The van der Waals surface area contributed by atoms with Gasteiger partial charge in [-0.2, -0.15) is 5.10 Å². The van der Waals surface area contributed by atoms with Crippen molar-refractivity contribution in [2.45, 2.75) is 46.4 Å². The van der Waals surface area contributed by atoms with Gasteiger partial charge in [0.15, 0.2) is 0 Å². The van der Waals surface area contributed by atoms with E-state index in [1.165, 1.54) is 10.7 Å². The third kappa shape index (κ3) is 3.97. The van der Waals surface area contributed by atoms with Crippen molar-refractivity contribution in [2.75, 3.05) is 18.0 Å². The smallest absolute Gasteiger partial charge is 0.269 e. The van der Waals surface area contributed by atoms with Crippen molar-refractivity contribution in [2.24, 2.45) is 0 Å². The number of nitrogens with zero attached hydrogens (tertiary/aromatic N) is 5. The van der Waals surface area contributed by atoms with Crippen molar-refractivity contribution in [3.8, 4) is 11.3 Å². The van der Waals surface area contributed by atoms with Crippen LogP contribution in [0.2, 0.25) is 0 Å². The normalized spacial score (nSPS) is 19.3. The van der Waals surface area contributed by atoms with Crippen LogP contribution in [-0.2, 0) is 11.3 Å². The molecule has 2 atom stereocenters. The maximum atomic E-state index is 14.0. The van der Waals surface area contributed by atoms with E-state index in [9.17, 15) is 9.18 Å². The molecule has 0 N–H and O–H groups in total. The zero-order valence-electron chi connectivity index (χ0n) is 17.4. The van der Waals surface area contributed by atoms with Crippen LogP contribution in [0.25, 0.3) is 11.3 Å². The summed E-state index contributed by atoms with van der Waals surface area (Å²) in [5, 5.41) is 8.39. The molecule has 1 fully saturated rings. The Bertz CT molecular complexity index is 1120. The van der Waals surface area contributed by atoms with E-state index in [0.29, 0.717) is 41.4 Å². The largest absolute Gasteiger partial charge is 0.372 e.